The highest BCUT2D eigenvalue weighted by Crippen LogP contribution is 2.16. The van der Waals surface area contributed by atoms with Crippen LogP contribution >= 0.6 is 15.9 Å². The van der Waals surface area contributed by atoms with E-state index in [0.29, 0.717) is 18.2 Å². The zero-order valence-corrected chi connectivity index (χ0v) is 18.4. The highest BCUT2D eigenvalue weighted by molar-refractivity contribution is 9.10. The molecule has 0 heterocycles. The van der Waals surface area contributed by atoms with Crippen LogP contribution in [0.25, 0.3) is 0 Å². The van der Waals surface area contributed by atoms with Crippen molar-refractivity contribution in [3.63, 3.8) is 0 Å². The SMILES string of the molecule is CC(C)CNC(=O)C(C)N(Cc1cccc(Br)c1)C(=O)COc1ccc(F)cc1. The molecule has 0 aliphatic heterocycles. The number of carbonyl (C=O) groups excluding carboxylic acids is 2. The molecule has 5 nitrogen and oxygen atoms in total. The van der Waals surface area contributed by atoms with Gasteiger partial charge in [0.25, 0.3) is 5.91 Å². The Morgan fingerprint density at radius 3 is 2.45 bits per heavy atom. The molecule has 7 heteroatoms. The maximum absolute atomic E-state index is 13.0. The fraction of sp³-hybridized carbons (Fsp3) is 0.364. The lowest BCUT2D eigenvalue weighted by Crippen LogP contribution is -2.49. The van der Waals surface area contributed by atoms with Gasteiger partial charge in [0, 0.05) is 17.6 Å². The summed E-state index contributed by atoms with van der Waals surface area (Å²) in [6.07, 6.45) is 0. The predicted octanol–water partition coefficient (Wildman–Crippen LogP) is 4.16. The van der Waals surface area contributed by atoms with Gasteiger partial charge in [-0.3, -0.25) is 9.59 Å². The van der Waals surface area contributed by atoms with E-state index in [2.05, 4.69) is 21.2 Å². The number of rotatable bonds is 9. The minimum absolute atomic E-state index is 0.219. The summed E-state index contributed by atoms with van der Waals surface area (Å²) in [6, 6.07) is 12.3. The van der Waals surface area contributed by atoms with Crippen LogP contribution in [0, 0.1) is 11.7 Å². The first-order valence-corrected chi connectivity index (χ1v) is 10.3. The number of benzene rings is 2. The van der Waals surface area contributed by atoms with E-state index in [4.69, 9.17) is 4.74 Å². The zero-order chi connectivity index (χ0) is 21.4. The summed E-state index contributed by atoms with van der Waals surface area (Å²) >= 11 is 3.42. The summed E-state index contributed by atoms with van der Waals surface area (Å²) in [5.74, 6) is -0.234. The van der Waals surface area contributed by atoms with Gasteiger partial charge in [-0.25, -0.2) is 4.39 Å². The Hall–Kier alpha value is -2.41. The lowest BCUT2D eigenvalue weighted by atomic mass is 10.1. The maximum atomic E-state index is 13.0. The number of amides is 2. The first-order valence-electron chi connectivity index (χ1n) is 9.46. The van der Waals surface area contributed by atoms with Gasteiger partial charge in [0.2, 0.25) is 5.91 Å². The molecule has 0 saturated carbocycles. The van der Waals surface area contributed by atoms with Gasteiger partial charge >= 0.3 is 0 Å². The van der Waals surface area contributed by atoms with E-state index in [9.17, 15) is 14.0 Å². The van der Waals surface area contributed by atoms with Crippen molar-refractivity contribution in [2.45, 2.75) is 33.4 Å². The van der Waals surface area contributed by atoms with Gasteiger partial charge < -0.3 is 15.0 Å². The Balaban J connectivity index is 2.12. The number of ether oxygens (including phenoxy) is 1. The van der Waals surface area contributed by atoms with Crippen LogP contribution in [0.2, 0.25) is 0 Å². The molecular formula is C22H26BrFN2O3. The van der Waals surface area contributed by atoms with Crippen molar-refractivity contribution < 1.29 is 18.7 Å². The molecule has 2 rings (SSSR count). The third-order valence-electron chi connectivity index (χ3n) is 4.27. The Labute approximate surface area is 179 Å². The van der Waals surface area contributed by atoms with Gasteiger partial charge in [0.05, 0.1) is 0 Å². The second kappa shape index (κ2) is 11.0. The Kier molecular flexibility index (Phi) is 8.64. The molecule has 0 radical (unpaired) electrons. The summed E-state index contributed by atoms with van der Waals surface area (Å²) < 4.78 is 19.4. The van der Waals surface area contributed by atoms with Crippen LogP contribution in [0.15, 0.2) is 53.0 Å². The number of nitrogens with one attached hydrogen (secondary N) is 1. The van der Waals surface area contributed by atoms with E-state index in [1.165, 1.54) is 29.2 Å². The summed E-state index contributed by atoms with van der Waals surface area (Å²) in [5.41, 5.74) is 0.887. The second-order valence-electron chi connectivity index (χ2n) is 7.21. The van der Waals surface area contributed by atoms with Crippen LogP contribution < -0.4 is 10.1 Å². The van der Waals surface area contributed by atoms with E-state index < -0.39 is 6.04 Å². The molecular weight excluding hydrogens is 439 g/mol. The molecule has 1 unspecified atom stereocenters. The molecule has 0 aliphatic rings. The molecule has 0 fully saturated rings. The van der Waals surface area contributed by atoms with E-state index >= 15 is 0 Å². The molecule has 2 aromatic rings. The standard InChI is InChI=1S/C22H26BrFN2O3/c1-15(2)12-25-22(28)16(3)26(13-17-5-4-6-18(23)11-17)21(27)14-29-20-9-7-19(24)8-10-20/h4-11,15-16H,12-14H2,1-3H3,(H,25,28). The van der Waals surface area contributed by atoms with Crippen LogP contribution in [-0.2, 0) is 16.1 Å². The van der Waals surface area contributed by atoms with E-state index in [1.54, 1.807) is 6.92 Å². The van der Waals surface area contributed by atoms with Gasteiger partial charge in [-0.1, -0.05) is 41.9 Å². The monoisotopic (exact) mass is 464 g/mol. The number of nitrogens with zero attached hydrogens (tertiary/aromatic N) is 1. The van der Waals surface area contributed by atoms with Crippen molar-refractivity contribution >= 4 is 27.7 Å². The number of carbonyl (C=O) groups is 2. The van der Waals surface area contributed by atoms with Crippen LogP contribution in [-0.4, -0.2) is 35.9 Å². The Morgan fingerprint density at radius 1 is 1.14 bits per heavy atom. The van der Waals surface area contributed by atoms with Crippen LogP contribution in [0.4, 0.5) is 4.39 Å². The minimum Gasteiger partial charge on any atom is -0.484 e. The Bertz CT molecular complexity index is 827. The lowest BCUT2D eigenvalue weighted by Gasteiger charge is -2.29. The third kappa shape index (κ3) is 7.49. The van der Waals surface area contributed by atoms with Gasteiger partial charge in [-0.2, -0.15) is 0 Å². The molecule has 156 valence electrons. The van der Waals surface area contributed by atoms with Gasteiger partial charge in [-0.05, 0) is 54.8 Å². The molecule has 1 atom stereocenters. The van der Waals surface area contributed by atoms with Crippen molar-refractivity contribution in [1.82, 2.24) is 10.2 Å². The molecule has 0 aliphatic carbocycles. The largest absolute Gasteiger partial charge is 0.484 e. The van der Waals surface area contributed by atoms with Gasteiger partial charge in [-0.15, -0.1) is 0 Å². The van der Waals surface area contributed by atoms with Crippen molar-refractivity contribution in [2.24, 2.45) is 5.92 Å². The molecule has 0 saturated heterocycles. The minimum atomic E-state index is -0.669. The predicted molar refractivity (Wildman–Crippen MR) is 114 cm³/mol. The molecule has 2 amide bonds. The smallest absolute Gasteiger partial charge is 0.261 e. The molecule has 29 heavy (non-hydrogen) atoms. The summed E-state index contributed by atoms with van der Waals surface area (Å²) in [6.45, 7) is 6.26. The highest BCUT2D eigenvalue weighted by Gasteiger charge is 2.26. The van der Waals surface area contributed by atoms with Gasteiger partial charge in [0.1, 0.15) is 17.6 Å². The summed E-state index contributed by atoms with van der Waals surface area (Å²) in [4.78, 5) is 26.9. The summed E-state index contributed by atoms with van der Waals surface area (Å²) in [7, 11) is 0. The molecule has 0 aromatic heterocycles. The Morgan fingerprint density at radius 2 is 1.83 bits per heavy atom. The number of hydrogen-bond donors (Lipinski definition) is 1. The fourth-order valence-corrected chi connectivity index (χ4v) is 3.07. The first kappa shape index (κ1) is 22.9. The third-order valence-corrected chi connectivity index (χ3v) is 4.76. The van der Waals surface area contributed by atoms with Crippen molar-refractivity contribution in [3.05, 3.63) is 64.4 Å². The summed E-state index contributed by atoms with van der Waals surface area (Å²) in [5, 5.41) is 2.87. The zero-order valence-electron chi connectivity index (χ0n) is 16.8. The van der Waals surface area contributed by atoms with Crippen LogP contribution in [0.1, 0.15) is 26.3 Å². The van der Waals surface area contributed by atoms with E-state index in [1.807, 2.05) is 38.1 Å². The normalized spacial score (nSPS) is 11.8. The van der Waals surface area contributed by atoms with Crippen LogP contribution in [0.3, 0.4) is 0 Å². The topological polar surface area (TPSA) is 58.6 Å². The second-order valence-corrected chi connectivity index (χ2v) is 8.12. The fourth-order valence-electron chi connectivity index (χ4n) is 2.63. The van der Waals surface area contributed by atoms with E-state index in [0.717, 1.165) is 10.0 Å². The lowest BCUT2D eigenvalue weighted by molar-refractivity contribution is -0.142. The average molecular weight is 465 g/mol. The molecule has 1 N–H and O–H groups in total. The quantitative estimate of drug-likeness (QED) is 0.605. The number of hydrogen-bond acceptors (Lipinski definition) is 3. The first-order chi connectivity index (χ1) is 13.8. The van der Waals surface area contributed by atoms with Crippen molar-refractivity contribution in [3.8, 4) is 5.75 Å². The molecule has 0 bridgehead atoms. The molecule has 2 aromatic carbocycles. The average Bonchev–Trinajstić information content (AvgIpc) is 2.69. The molecule has 0 spiro atoms. The number of halogens is 2. The van der Waals surface area contributed by atoms with Gasteiger partial charge in [0.15, 0.2) is 6.61 Å². The van der Waals surface area contributed by atoms with Crippen LogP contribution in [0.5, 0.6) is 5.75 Å². The highest BCUT2D eigenvalue weighted by atomic mass is 79.9. The van der Waals surface area contributed by atoms with E-state index in [-0.39, 0.29) is 30.8 Å². The van der Waals surface area contributed by atoms with Crippen molar-refractivity contribution in [1.29, 1.82) is 0 Å². The maximum Gasteiger partial charge on any atom is 0.261 e. The van der Waals surface area contributed by atoms with Crippen molar-refractivity contribution in [2.75, 3.05) is 13.2 Å².